The summed E-state index contributed by atoms with van der Waals surface area (Å²) in [5.74, 6) is -0.0262. The van der Waals surface area contributed by atoms with E-state index in [0.717, 1.165) is 10.0 Å². The molecule has 2 aromatic rings. The first-order valence-electron chi connectivity index (χ1n) is 4.73. The average Bonchev–Trinajstić information content (AvgIpc) is 2.64. The molecular weight excluding hydrogens is 244 g/mol. The molecule has 0 N–H and O–H groups in total. The number of aromatic nitrogens is 2. The summed E-state index contributed by atoms with van der Waals surface area (Å²) < 4.78 is 0. The van der Waals surface area contributed by atoms with Crippen LogP contribution in [0.15, 0.2) is 24.3 Å². The van der Waals surface area contributed by atoms with Gasteiger partial charge in [0.1, 0.15) is 10.0 Å². The van der Waals surface area contributed by atoms with E-state index in [1.54, 1.807) is 24.3 Å². The monoisotopic (exact) mass is 252 g/mol. The van der Waals surface area contributed by atoms with Crippen LogP contribution in [0.5, 0.6) is 0 Å². The minimum Gasteiger partial charge on any atom is -0.294 e. The van der Waals surface area contributed by atoms with Gasteiger partial charge in [0.2, 0.25) is 0 Å². The standard InChI is InChI=1S/C11H9ClN2OS/c1-7-13-14-11(16-7)6-10(15)8-4-2-3-5-9(8)12/h2-5H,6H2,1H3. The van der Waals surface area contributed by atoms with Gasteiger partial charge in [0.05, 0.1) is 11.4 Å². The van der Waals surface area contributed by atoms with Crippen LogP contribution >= 0.6 is 22.9 Å². The SMILES string of the molecule is Cc1nnc(CC(=O)c2ccccc2Cl)s1. The van der Waals surface area contributed by atoms with Crippen LogP contribution in [0.2, 0.25) is 5.02 Å². The third-order valence-electron chi connectivity index (χ3n) is 2.05. The summed E-state index contributed by atoms with van der Waals surface area (Å²) in [4.78, 5) is 11.9. The van der Waals surface area contributed by atoms with Crippen LogP contribution in [0.3, 0.4) is 0 Å². The summed E-state index contributed by atoms with van der Waals surface area (Å²) >= 11 is 7.37. The summed E-state index contributed by atoms with van der Waals surface area (Å²) in [5, 5.41) is 9.85. The Bertz CT molecular complexity index is 524. The molecule has 3 nitrogen and oxygen atoms in total. The number of hydrogen-bond acceptors (Lipinski definition) is 4. The van der Waals surface area contributed by atoms with Gasteiger partial charge in [0.25, 0.3) is 0 Å². The third-order valence-corrected chi connectivity index (χ3v) is 3.22. The lowest BCUT2D eigenvalue weighted by Gasteiger charge is -2.00. The summed E-state index contributed by atoms with van der Waals surface area (Å²) in [6.45, 7) is 1.86. The molecule has 1 aromatic carbocycles. The second-order valence-corrected chi connectivity index (χ2v) is 4.97. The number of aryl methyl sites for hydroxylation is 1. The molecule has 16 heavy (non-hydrogen) atoms. The Balaban J connectivity index is 2.18. The van der Waals surface area contributed by atoms with Crippen LogP contribution in [0, 0.1) is 6.92 Å². The number of Topliss-reactive ketones (excluding diaryl/α,β-unsaturated/α-hetero) is 1. The summed E-state index contributed by atoms with van der Waals surface area (Å²) in [6.07, 6.45) is 0.259. The Morgan fingerprint density at radius 2 is 2.12 bits per heavy atom. The van der Waals surface area contributed by atoms with E-state index < -0.39 is 0 Å². The van der Waals surface area contributed by atoms with Crippen LogP contribution in [0.25, 0.3) is 0 Å². The molecule has 0 saturated heterocycles. The molecule has 1 heterocycles. The van der Waals surface area contributed by atoms with Crippen molar-refractivity contribution in [2.75, 3.05) is 0 Å². The maximum absolute atomic E-state index is 11.9. The normalized spacial score (nSPS) is 10.4. The van der Waals surface area contributed by atoms with Crippen molar-refractivity contribution in [2.24, 2.45) is 0 Å². The quantitative estimate of drug-likeness (QED) is 0.789. The maximum Gasteiger partial charge on any atom is 0.171 e. The molecule has 0 aliphatic rings. The average molecular weight is 253 g/mol. The van der Waals surface area contributed by atoms with Crippen molar-refractivity contribution in [3.63, 3.8) is 0 Å². The minimum absolute atomic E-state index is 0.0262. The predicted molar refractivity (Wildman–Crippen MR) is 64.1 cm³/mol. The van der Waals surface area contributed by atoms with Crippen LogP contribution in [-0.2, 0) is 6.42 Å². The molecule has 0 bridgehead atoms. The number of benzene rings is 1. The Labute approximate surface area is 102 Å². The maximum atomic E-state index is 11.9. The molecule has 1 aromatic heterocycles. The zero-order valence-corrected chi connectivity index (χ0v) is 10.2. The van der Waals surface area contributed by atoms with E-state index in [0.29, 0.717) is 10.6 Å². The highest BCUT2D eigenvalue weighted by Crippen LogP contribution is 2.18. The number of carbonyl (C=O) groups excluding carboxylic acids is 1. The molecule has 0 aliphatic heterocycles. The lowest BCUT2D eigenvalue weighted by atomic mass is 10.1. The molecule has 0 fully saturated rings. The zero-order valence-electron chi connectivity index (χ0n) is 8.61. The van der Waals surface area contributed by atoms with Gasteiger partial charge in [-0.1, -0.05) is 23.7 Å². The lowest BCUT2D eigenvalue weighted by Crippen LogP contribution is -2.03. The van der Waals surface area contributed by atoms with Crippen molar-refractivity contribution in [1.29, 1.82) is 0 Å². The predicted octanol–water partition coefficient (Wildman–Crippen LogP) is 2.93. The van der Waals surface area contributed by atoms with Gasteiger partial charge in [-0.2, -0.15) is 0 Å². The number of ketones is 1. The number of hydrogen-bond donors (Lipinski definition) is 0. The minimum atomic E-state index is -0.0262. The van der Waals surface area contributed by atoms with Crippen LogP contribution in [0.1, 0.15) is 20.4 Å². The Morgan fingerprint density at radius 3 is 2.75 bits per heavy atom. The van der Waals surface area contributed by atoms with Gasteiger partial charge < -0.3 is 0 Å². The van der Waals surface area contributed by atoms with E-state index in [4.69, 9.17) is 11.6 Å². The van der Waals surface area contributed by atoms with E-state index >= 15 is 0 Å². The largest absolute Gasteiger partial charge is 0.294 e. The van der Waals surface area contributed by atoms with Crippen molar-refractivity contribution in [3.8, 4) is 0 Å². The molecule has 0 atom stereocenters. The molecule has 0 amide bonds. The fraction of sp³-hybridized carbons (Fsp3) is 0.182. The summed E-state index contributed by atoms with van der Waals surface area (Å²) in [6, 6.07) is 7.03. The molecular formula is C11H9ClN2OS. The highest BCUT2D eigenvalue weighted by molar-refractivity contribution is 7.11. The van der Waals surface area contributed by atoms with Gasteiger partial charge in [-0.05, 0) is 19.1 Å². The van der Waals surface area contributed by atoms with Crippen LogP contribution in [-0.4, -0.2) is 16.0 Å². The fourth-order valence-corrected chi connectivity index (χ4v) is 2.28. The smallest absolute Gasteiger partial charge is 0.171 e. The van der Waals surface area contributed by atoms with Gasteiger partial charge in [0, 0.05) is 5.56 Å². The first kappa shape index (κ1) is 11.2. The molecule has 0 spiro atoms. The second-order valence-electron chi connectivity index (χ2n) is 3.29. The Morgan fingerprint density at radius 1 is 1.38 bits per heavy atom. The van der Waals surface area contributed by atoms with Gasteiger partial charge in [-0.25, -0.2) is 0 Å². The number of nitrogens with zero attached hydrogens (tertiary/aromatic N) is 2. The van der Waals surface area contributed by atoms with Gasteiger partial charge in [0.15, 0.2) is 5.78 Å². The highest BCUT2D eigenvalue weighted by Gasteiger charge is 2.12. The molecule has 0 aliphatic carbocycles. The first-order chi connectivity index (χ1) is 7.66. The van der Waals surface area contributed by atoms with Crippen LogP contribution < -0.4 is 0 Å². The van der Waals surface area contributed by atoms with E-state index in [-0.39, 0.29) is 12.2 Å². The molecule has 82 valence electrons. The number of rotatable bonds is 3. The molecule has 0 unspecified atom stereocenters. The van der Waals surface area contributed by atoms with Gasteiger partial charge in [-0.3, -0.25) is 4.79 Å². The van der Waals surface area contributed by atoms with E-state index in [9.17, 15) is 4.79 Å². The second kappa shape index (κ2) is 4.72. The number of halogens is 1. The van der Waals surface area contributed by atoms with Gasteiger partial charge in [-0.15, -0.1) is 21.5 Å². The van der Waals surface area contributed by atoms with Crippen molar-refractivity contribution in [2.45, 2.75) is 13.3 Å². The van der Waals surface area contributed by atoms with Crippen molar-refractivity contribution < 1.29 is 4.79 Å². The van der Waals surface area contributed by atoms with E-state index in [1.807, 2.05) is 6.92 Å². The fourth-order valence-electron chi connectivity index (χ4n) is 1.33. The topological polar surface area (TPSA) is 42.9 Å². The molecule has 5 heteroatoms. The number of carbonyl (C=O) groups is 1. The Kier molecular flexibility index (Phi) is 3.31. The zero-order chi connectivity index (χ0) is 11.5. The highest BCUT2D eigenvalue weighted by atomic mass is 35.5. The summed E-state index contributed by atoms with van der Waals surface area (Å²) in [5.41, 5.74) is 0.539. The first-order valence-corrected chi connectivity index (χ1v) is 5.93. The molecule has 0 radical (unpaired) electrons. The van der Waals surface area contributed by atoms with Crippen LogP contribution in [0.4, 0.5) is 0 Å². The van der Waals surface area contributed by atoms with Crippen molar-refractivity contribution >= 4 is 28.7 Å². The van der Waals surface area contributed by atoms with E-state index in [2.05, 4.69) is 10.2 Å². The third kappa shape index (κ3) is 2.46. The van der Waals surface area contributed by atoms with Crippen molar-refractivity contribution in [3.05, 3.63) is 44.9 Å². The lowest BCUT2D eigenvalue weighted by molar-refractivity contribution is 0.0993. The molecule has 2 rings (SSSR count). The summed E-state index contributed by atoms with van der Waals surface area (Å²) in [7, 11) is 0. The van der Waals surface area contributed by atoms with Gasteiger partial charge >= 0.3 is 0 Å². The van der Waals surface area contributed by atoms with E-state index in [1.165, 1.54) is 11.3 Å². The Hall–Kier alpha value is -1.26. The van der Waals surface area contributed by atoms with Crippen molar-refractivity contribution in [1.82, 2.24) is 10.2 Å². The molecule has 0 saturated carbocycles.